The van der Waals surface area contributed by atoms with Crippen molar-refractivity contribution in [1.82, 2.24) is 10.2 Å². The third-order valence-electron chi connectivity index (χ3n) is 5.09. The van der Waals surface area contributed by atoms with Gasteiger partial charge in [-0.15, -0.1) is 0 Å². The van der Waals surface area contributed by atoms with Gasteiger partial charge in [0.1, 0.15) is 0 Å². The minimum atomic E-state index is 0.215. The Labute approximate surface area is 124 Å². The molecule has 20 heavy (non-hydrogen) atoms. The van der Waals surface area contributed by atoms with Crippen molar-refractivity contribution in [1.29, 1.82) is 0 Å². The summed E-state index contributed by atoms with van der Waals surface area (Å²) in [5, 5.41) is 3.53. The first-order valence-electron chi connectivity index (χ1n) is 8.37. The molecular formula is C17H32N2O. The van der Waals surface area contributed by atoms with E-state index < -0.39 is 0 Å². The fourth-order valence-electron chi connectivity index (χ4n) is 2.77. The highest BCUT2D eigenvalue weighted by molar-refractivity contribution is 5.76. The molecule has 0 aromatic rings. The summed E-state index contributed by atoms with van der Waals surface area (Å²) in [6.45, 7) is 11.9. The molecule has 1 saturated carbocycles. The average molecular weight is 280 g/mol. The number of nitrogens with zero attached hydrogens (tertiary/aromatic N) is 1. The Bertz CT molecular complexity index is 324. The van der Waals surface area contributed by atoms with Crippen LogP contribution in [-0.2, 0) is 4.79 Å². The van der Waals surface area contributed by atoms with Crippen molar-refractivity contribution in [2.24, 2.45) is 17.3 Å². The Hall–Kier alpha value is -0.570. The lowest BCUT2D eigenvalue weighted by atomic mass is 9.80. The molecule has 0 bridgehead atoms. The number of hydrogen-bond acceptors (Lipinski definition) is 2. The summed E-state index contributed by atoms with van der Waals surface area (Å²) >= 11 is 0. The molecule has 1 aliphatic carbocycles. The molecular weight excluding hydrogens is 248 g/mol. The zero-order valence-electron chi connectivity index (χ0n) is 13.7. The van der Waals surface area contributed by atoms with E-state index >= 15 is 0 Å². The van der Waals surface area contributed by atoms with Gasteiger partial charge >= 0.3 is 0 Å². The Balaban J connectivity index is 1.88. The summed E-state index contributed by atoms with van der Waals surface area (Å²) < 4.78 is 0. The highest BCUT2D eigenvalue weighted by Gasteiger charge is 2.31. The smallest absolute Gasteiger partial charge is 0.222 e. The summed E-state index contributed by atoms with van der Waals surface area (Å²) in [6.07, 6.45) is 5.81. The van der Waals surface area contributed by atoms with E-state index in [0.29, 0.717) is 24.3 Å². The van der Waals surface area contributed by atoms with Gasteiger partial charge in [0.25, 0.3) is 0 Å². The van der Waals surface area contributed by atoms with Crippen LogP contribution in [0.5, 0.6) is 0 Å². The first kappa shape index (κ1) is 15.8. The number of amides is 1. The van der Waals surface area contributed by atoms with E-state index in [-0.39, 0.29) is 5.41 Å². The largest absolute Gasteiger partial charge is 0.341 e. The molecule has 2 unspecified atom stereocenters. The van der Waals surface area contributed by atoms with Crippen LogP contribution in [0.4, 0.5) is 0 Å². The predicted molar refractivity (Wildman–Crippen MR) is 83.6 cm³/mol. The molecule has 0 aromatic heterocycles. The minimum Gasteiger partial charge on any atom is -0.341 e. The summed E-state index contributed by atoms with van der Waals surface area (Å²) in [6, 6.07) is 0.530. The van der Waals surface area contributed by atoms with Gasteiger partial charge in [-0.3, -0.25) is 4.79 Å². The molecule has 3 heteroatoms. The van der Waals surface area contributed by atoms with Gasteiger partial charge in [-0.2, -0.15) is 0 Å². The van der Waals surface area contributed by atoms with Crippen LogP contribution in [0.1, 0.15) is 59.8 Å². The summed E-state index contributed by atoms with van der Waals surface area (Å²) in [5.74, 6) is 1.59. The monoisotopic (exact) mass is 280 g/mol. The van der Waals surface area contributed by atoms with E-state index in [1.807, 2.05) is 0 Å². The average Bonchev–Trinajstić information content (AvgIpc) is 3.01. The highest BCUT2D eigenvalue weighted by atomic mass is 16.2. The number of hydrogen-bond donors (Lipinski definition) is 1. The molecule has 0 radical (unpaired) electrons. The van der Waals surface area contributed by atoms with Gasteiger partial charge < -0.3 is 10.2 Å². The molecule has 2 atom stereocenters. The van der Waals surface area contributed by atoms with Crippen LogP contribution in [0.25, 0.3) is 0 Å². The van der Waals surface area contributed by atoms with Gasteiger partial charge in [0.05, 0.1) is 0 Å². The van der Waals surface area contributed by atoms with Crippen LogP contribution >= 0.6 is 0 Å². The van der Waals surface area contributed by atoms with E-state index in [9.17, 15) is 4.79 Å². The fraction of sp³-hybridized carbons (Fsp3) is 0.941. The van der Waals surface area contributed by atoms with Crippen molar-refractivity contribution in [3.05, 3.63) is 0 Å². The zero-order valence-corrected chi connectivity index (χ0v) is 13.7. The van der Waals surface area contributed by atoms with Gasteiger partial charge in [0.2, 0.25) is 5.91 Å². The van der Waals surface area contributed by atoms with E-state index in [4.69, 9.17) is 0 Å². The van der Waals surface area contributed by atoms with Crippen LogP contribution in [0.15, 0.2) is 0 Å². The standard InChI is InChI=1S/C17H32N2O/c1-13(17(2,3)4)10-16(20)19(11-14-7-8-14)12-15-6-5-9-18-15/h13-15,18H,5-12H2,1-4H3. The van der Waals surface area contributed by atoms with Crippen molar-refractivity contribution < 1.29 is 4.79 Å². The predicted octanol–water partition coefficient (Wildman–Crippen LogP) is 3.05. The van der Waals surface area contributed by atoms with Gasteiger partial charge in [-0.25, -0.2) is 0 Å². The lowest BCUT2D eigenvalue weighted by molar-refractivity contribution is -0.133. The van der Waals surface area contributed by atoms with Crippen molar-refractivity contribution >= 4 is 5.91 Å². The molecule has 116 valence electrons. The Morgan fingerprint density at radius 1 is 1.25 bits per heavy atom. The van der Waals surface area contributed by atoms with Gasteiger partial charge in [-0.05, 0) is 49.5 Å². The quantitative estimate of drug-likeness (QED) is 0.811. The van der Waals surface area contributed by atoms with Crippen molar-refractivity contribution in [3.8, 4) is 0 Å². The third-order valence-corrected chi connectivity index (χ3v) is 5.09. The van der Waals surface area contributed by atoms with Crippen LogP contribution in [0.2, 0.25) is 0 Å². The normalized spacial score (nSPS) is 24.7. The number of rotatable bonds is 6. The summed E-state index contributed by atoms with van der Waals surface area (Å²) in [4.78, 5) is 14.8. The Morgan fingerprint density at radius 3 is 2.45 bits per heavy atom. The Kier molecular flexibility index (Phi) is 5.11. The van der Waals surface area contributed by atoms with Crippen LogP contribution in [0.3, 0.4) is 0 Å². The molecule has 1 aliphatic heterocycles. The second-order valence-corrected chi connectivity index (χ2v) is 8.01. The van der Waals surface area contributed by atoms with Gasteiger partial charge in [-0.1, -0.05) is 27.7 Å². The fourth-order valence-corrected chi connectivity index (χ4v) is 2.77. The van der Waals surface area contributed by atoms with Crippen LogP contribution < -0.4 is 5.32 Å². The second kappa shape index (κ2) is 6.46. The van der Waals surface area contributed by atoms with Crippen molar-refractivity contribution in [2.75, 3.05) is 19.6 Å². The molecule has 1 amide bonds. The maximum Gasteiger partial charge on any atom is 0.222 e. The molecule has 1 N–H and O–H groups in total. The van der Waals surface area contributed by atoms with Gasteiger partial charge in [0.15, 0.2) is 0 Å². The van der Waals surface area contributed by atoms with Gasteiger partial charge in [0, 0.05) is 25.6 Å². The molecule has 1 saturated heterocycles. The molecule has 1 heterocycles. The number of carbonyl (C=O) groups excluding carboxylic acids is 1. The molecule has 2 fully saturated rings. The van der Waals surface area contributed by atoms with E-state index in [1.54, 1.807) is 0 Å². The summed E-state index contributed by atoms with van der Waals surface area (Å²) in [7, 11) is 0. The number of carbonyl (C=O) groups is 1. The minimum absolute atomic E-state index is 0.215. The van der Waals surface area contributed by atoms with Crippen molar-refractivity contribution in [2.45, 2.75) is 65.8 Å². The molecule has 2 rings (SSSR count). The maximum atomic E-state index is 12.6. The maximum absolute atomic E-state index is 12.6. The van der Waals surface area contributed by atoms with Crippen LogP contribution in [-0.4, -0.2) is 36.5 Å². The molecule has 3 nitrogen and oxygen atoms in total. The number of nitrogens with one attached hydrogen (secondary N) is 1. The topological polar surface area (TPSA) is 32.3 Å². The lowest BCUT2D eigenvalue weighted by Gasteiger charge is -2.31. The summed E-state index contributed by atoms with van der Waals surface area (Å²) in [5.41, 5.74) is 0.215. The first-order chi connectivity index (χ1) is 9.36. The first-order valence-corrected chi connectivity index (χ1v) is 8.37. The third kappa shape index (κ3) is 4.76. The molecule has 2 aliphatic rings. The second-order valence-electron chi connectivity index (χ2n) is 8.01. The molecule has 0 spiro atoms. The van der Waals surface area contributed by atoms with Crippen molar-refractivity contribution in [3.63, 3.8) is 0 Å². The van der Waals surface area contributed by atoms with E-state index in [2.05, 4.69) is 37.9 Å². The van der Waals surface area contributed by atoms with E-state index in [1.165, 1.54) is 25.7 Å². The SMILES string of the molecule is CC(CC(=O)N(CC1CC1)CC1CCCN1)C(C)(C)C. The Morgan fingerprint density at radius 2 is 1.95 bits per heavy atom. The van der Waals surface area contributed by atoms with E-state index in [0.717, 1.165) is 25.6 Å². The highest BCUT2D eigenvalue weighted by Crippen LogP contribution is 2.32. The lowest BCUT2D eigenvalue weighted by Crippen LogP contribution is -2.43. The molecule has 0 aromatic carbocycles. The van der Waals surface area contributed by atoms with Crippen LogP contribution in [0, 0.1) is 17.3 Å². The zero-order chi connectivity index (χ0) is 14.8.